The maximum Gasteiger partial charge on any atom is 0.274 e. The molecule has 7 heteroatoms. The van der Waals surface area contributed by atoms with Gasteiger partial charge in [0.15, 0.2) is 0 Å². The summed E-state index contributed by atoms with van der Waals surface area (Å²) in [4.78, 5) is 26.2. The normalized spacial score (nSPS) is 10.1. The van der Waals surface area contributed by atoms with Crippen LogP contribution in [0.25, 0.3) is 0 Å². The van der Waals surface area contributed by atoms with Crippen LogP contribution in [-0.4, -0.2) is 15.8 Å². The molecule has 0 spiro atoms. The molecule has 2 aromatic rings. The quantitative estimate of drug-likeness (QED) is 0.534. The molecule has 0 atom stereocenters. The monoisotopic (exact) mass is 291 g/mol. The molecule has 1 aromatic heterocycles. The Kier molecular flexibility index (Phi) is 3.95. The fourth-order valence-electron chi connectivity index (χ4n) is 1.70. The summed E-state index contributed by atoms with van der Waals surface area (Å²) in [6.07, 6.45) is 1.47. The summed E-state index contributed by atoms with van der Waals surface area (Å²) in [7, 11) is 0. The lowest BCUT2D eigenvalue weighted by molar-refractivity contribution is -0.385. The lowest BCUT2D eigenvalue weighted by atomic mass is 10.1. The summed E-state index contributed by atoms with van der Waals surface area (Å²) in [5, 5.41) is 13.5. The van der Waals surface area contributed by atoms with Crippen molar-refractivity contribution in [2.24, 2.45) is 0 Å². The summed E-state index contributed by atoms with van der Waals surface area (Å²) in [5.41, 5.74) is 0.898. The SMILES string of the molecule is Cc1c(NC(=O)c2cccnc2Cl)cccc1[N+](=O)[O-]. The van der Waals surface area contributed by atoms with Gasteiger partial charge >= 0.3 is 0 Å². The molecule has 0 radical (unpaired) electrons. The number of rotatable bonds is 3. The van der Waals surface area contributed by atoms with E-state index in [2.05, 4.69) is 10.3 Å². The molecule has 0 saturated carbocycles. The summed E-state index contributed by atoms with van der Waals surface area (Å²) >= 11 is 5.83. The van der Waals surface area contributed by atoms with E-state index in [1.807, 2.05) is 0 Å². The predicted octanol–water partition coefficient (Wildman–Crippen LogP) is 3.20. The van der Waals surface area contributed by atoms with Crippen molar-refractivity contribution in [3.63, 3.8) is 0 Å². The van der Waals surface area contributed by atoms with Crippen LogP contribution in [0.4, 0.5) is 11.4 Å². The zero-order chi connectivity index (χ0) is 14.7. The first kappa shape index (κ1) is 14.0. The highest BCUT2D eigenvalue weighted by atomic mass is 35.5. The van der Waals surface area contributed by atoms with Crippen LogP contribution in [0.3, 0.4) is 0 Å². The number of nitro benzene ring substituents is 1. The van der Waals surface area contributed by atoms with Gasteiger partial charge in [-0.05, 0) is 25.1 Å². The van der Waals surface area contributed by atoms with Crippen molar-refractivity contribution >= 4 is 28.9 Å². The van der Waals surface area contributed by atoms with Crippen LogP contribution in [0.1, 0.15) is 15.9 Å². The predicted molar refractivity (Wildman–Crippen MR) is 75.0 cm³/mol. The third-order valence-electron chi connectivity index (χ3n) is 2.75. The molecule has 2 rings (SSSR count). The fraction of sp³-hybridized carbons (Fsp3) is 0.0769. The van der Waals surface area contributed by atoms with E-state index in [0.29, 0.717) is 11.3 Å². The molecule has 102 valence electrons. The van der Waals surface area contributed by atoms with Crippen molar-refractivity contribution < 1.29 is 9.72 Å². The minimum atomic E-state index is -0.498. The molecule has 0 aliphatic rings. The van der Waals surface area contributed by atoms with E-state index in [-0.39, 0.29) is 16.4 Å². The van der Waals surface area contributed by atoms with Gasteiger partial charge in [-0.2, -0.15) is 0 Å². The van der Waals surface area contributed by atoms with Crippen LogP contribution in [0, 0.1) is 17.0 Å². The standard InChI is InChI=1S/C13H10ClN3O3/c1-8-10(5-2-6-11(8)17(19)20)16-13(18)9-4-3-7-15-12(9)14/h2-7H,1H3,(H,16,18). The minimum absolute atomic E-state index is 0.0555. The number of halogens is 1. The van der Waals surface area contributed by atoms with Gasteiger partial charge in [-0.3, -0.25) is 14.9 Å². The number of nitrogens with zero attached hydrogens (tertiary/aromatic N) is 2. The zero-order valence-corrected chi connectivity index (χ0v) is 11.2. The van der Waals surface area contributed by atoms with Crippen LogP contribution < -0.4 is 5.32 Å². The van der Waals surface area contributed by atoms with E-state index < -0.39 is 10.8 Å². The first-order valence-electron chi connectivity index (χ1n) is 5.66. The second kappa shape index (κ2) is 5.66. The van der Waals surface area contributed by atoms with Crippen molar-refractivity contribution in [1.29, 1.82) is 0 Å². The average molecular weight is 292 g/mol. The number of benzene rings is 1. The summed E-state index contributed by atoms with van der Waals surface area (Å²) < 4.78 is 0. The van der Waals surface area contributed by atoms with E-state index in [1.54, 1.807) is 19.1 Å². The Labute approximate surface area is 119 Å². The van der Waals surface area contributed by atoms with Gasteiger partial charge in [0.2, 0.25) is 0 Å². The maximum absolute atomic E-state index is 12.1. The molecule has 0 fully saturated rings. The van der Waals surface area contributed by atoms with E-state index in [1.165, 1.54) is 24.4 Å². The topological polar surface area (TPSA) is 85.1 Å². The molecule has 0 bridgehead atoms. The van der Waals surface area contributed by atoms with Crippen molar-refractivity contribution in [3.05, 3.63) is 62.9 Å². The maximum atomic E-state index is 12.1. The van der Waals surface area contributed by atoms with Crippen LogP contribution in [-0.2, 0) is 0 Å². The Morgan fingerprint density at radius 1 is 1.35 bits per heavy atom. The highest BCUT2D eigenvalue weighted by Gasteiger charge is 2.16. The number of carbonyl (C=O) groups excluding carboxylic acids is 1. The summed E-state index contributed by atoms with van der Waals surface area (Å²) in [6, 6.07) is 7.58. The summed E-state index contributed by atoms with van der Waals surface area (Å²) in [6.45, 7) is 1.57. The molecule has 0 aliphatic carbocycles. The lowest BCUT2D eigenvalue weighted by Crippen LogP contribution is -2.14. The third kappa shape index (κ3) is 2.75. The Bertz CT molecular complexity index is 688. The minimum Gasteiger partial charge on any atom is -0.321 e. The molecule has 1 N–H and O–H groups in total. The Balaban J connectivity index is 2.32. The number of nitrogens with one attached hydrogen (secondary N) is 1. The van der Waals surface area contributed by atoms with Gasteiger partial charge in [0.25, 0.3) is 11.6 Å². The lowest BCUT2D eigenvalue weighted by Gasteiger charge is -2.09. The van der Waals surface area contributed by atoms with Gasteiger partial charge in [-0.1, -0.05) is 17.7 Å². The average Bonchev–Trinajstić information content (AvgIpc) is 2.41. The number of anilines is 1. The van der Waals surface area contributed by atoms with Gasteiger partial charge in [0, 0.05) is 12.3 Å². The van der Waals surface area contributed by atoms with Gasteiger partial charge in [-0.25, -0.2) is 4.98 Å². The molecule has 1 aromatic carbocycles. The van der Waals surface area contributed by atoms with Crippen LogP contribution >= 0.6 is 11.6 Å². The first-order valence-corrected chi connectivity index (χ1v) is 6.04. The van der Waals surface area contributed by atoms with E-state index in [0.717, 1.165) is 0 Å². The number of hydrogen-bond donors (Lipinski definition) is 1. The smallest absolute Gasteiger partial charge is 0.274 e. The molecule has 6 nitrogen and oxygen atoms in total. The Hall–Kier alpha value is -2.47. The molecular weight excluding hydrogens is 282 g/mol. The molecular formula is C13H10ClN3O3. The largest absolute Gasteiger partial charge is 0.321 e. The number of aromatic nitrogens is 1. The first-order chi connectivity index (χ1) is 9.50. The van der Waals surface area contributed by atoms with Crippen molar-refractivity contribution in [2.75, 3.05) is 5.32 Å². The van der Waals surface area contributed by atoms with Crippen LogP contribution in [0.2, 0.25) is 5.15 Å². The van der Waals surface area contributed by atoms with Gasteiger partial charge in [-0.15, -0.1) is 0 Å². The molecule has 1 heterocycles. The number of amides is 1. The van der Waals surface area contributed by atoms with Gasteiger partial charge < -0.3 is 5.32 Å². The van der Waals surface area contributed by atoms with E-state index in [9.17, 15) is 14.9 Å². The van der Waals surface area contributed by atoms with Gasteiger partial charge in [0.05, 0.1) is 21.7 Å². The van der Waals surface area contributed by atoms with E-state index >= 15 is 0 Å². The van der Waals surface area contributed by atoms with Crippen molar-refractivity contribution in [1.82, 2.24) is 4.98 Å². The third-order valence-corrected chi connectivity index (χ3v) is 3.06. The second-order valence-electron chi connectivity index (χ2n) is 4.00. The Morgan fingerprint density at radius 2 is 2.10 bits per heavy atom. The number of carbonyl (C=O) groups is 1. The van der Waals surface area contributed by atoms with Crippen molar-refractivity contribution in [2.45, 2.75) is 6.92 Å². The molecule has 0 aliphatic heterocycles. The number of hydrogen-bond acceptors (Lipinski definition) is 4. The molecule has 20 heavy (non-hydrogen) atoms. The van der Waals surface area contributed by atoms with Gasteiger partial charge in [0.1, 0.15) is 5.15 Å². The molecule has 1 amide bonds. The zero-order valence-electron chi connectivity index (χ0n) is 10.5. The van der Waals surface area contributed by atoms with Crippen LogP contribution in [0.15, 0.2) is 36.5 Å². The van der Waals surface area contributed by atoms with E-state index in [4.69, 9.17) is 11.6 Å². The highest BCUT2D eigenvalue weighted by molar-refractivity contribution is 6.33. The Morgan fingerprint density at radius 3 is 2.75 bits per heavy atom. The highest BCUT2D eigenvalue weighted by Crippen LogP contribution is 2.25. The number of pyridine rings is 1. The second-order valence-corrected chi connectivity index (χ2v) is 4.36. The molecule has 0 unspecified atom stereocenters. The van der Waals surface area contributed by atoms with Crippen LogP contribution in [0.5, 0.6) is 0 Å². The molecule has 0 saturated heterocycles. The fourth-order valence-corrected chi connectivity index (χ4v) is 1.91. The van der Waals surface area contributed by atoms with Crippen molar-refractivity contribution in [3.8, 4) is 0 Å². The summed E-state index contributed by atoms with van der Waals surface area (Å²) in [5.74, 6) is -0.466. The number of nitro groups is 1.